The zero-order chi connectivity index (χ0) is 21.7. The number of hydrogen-bond acceptors (Lipinski definition) is 5. The third-order valence-corrected chi connectivity index (χ3v) is 6.39. The number of benzene rings is 2. The summed E-state index contributed by atoms with van der Waals surface area (Å²) < 4.78 is 11.7. The molecule has 2 aliphatic carbocycles. The van der Waals surface area contributed by atoms with E-state index < -0.39 is 17.0 Å². The first-order chi connectivity index (χ1) is 14.9. The molecule has 1 atom stereocenters. The van der Waals surface area contributed by atoms with Crippen LogP contribution in [0.2, 0.25) is 0 Å². The van der Waals surface area contributed by atoms with Gasteiger partial charge in [0.25, 0.3) is 5.69 Å². The summed E-state index contributed by atoms with van der Waals surface area (Å²) in [5, 5.41) is 21.9. The third-order valence-electron chi connectivity index (χ3n) is 6.39. The van der Waals surface area contributed by atoms with E-state index in [1.165, 1.54) is 0 Å². The number of aryl methyl sites for hydroxylation is 1. The Morgan fingerprint density at radius 2 is 2.03 bits per heavy atom. The normalized spacial score (nSPS) is 18.7. The topological polar surface area (TPSA) is 98.9 Å². The lowest BCUT2D eigenvalue weighted by molar-refractivity contribution is -0.385. The number of carboxylic acid groups (broad SMARTS) is 1. The number of carboxylic acids is 1. The molecule has 2 aromatic carbocycles. The predicted molar refractivity (Wildman–Crippen MR) is 114 cm³/mol. The summed E-state index contributed by atoms with van der Waals surface area (Å²) in [5.74, 6) is -0.0531. The van der Waals surface area contributed by atoms with Crippen LogP contribution < -0.4 is 4.74 Å². The van der Waals surface area contributed by atoms with Crippen LogP contribution in [0.4, 0.5) is 5.69 Å². The maximum Gasteiger partial charge on any atom is 0.337 e. The monoisotopic (exact) mass is 423 g/mol. The van der Waals surface area contributed by atoms with Gasteiger partial charge in [-0.1, -0.05) is 6.07 Å². The molecule has 0 amide bonds. The first kappa shape index (κ1) is 20.0. The molecule has 0 bridgehead atoms. The van der Waals surface area contributed by atoms with Crippen LogP contribution in [-0.2, 0) is 16.0 Å². The Morgan fingerprint density at radius 3 is 2.68 bits per heavy atom. The quantitative estimate of drug-likeness (QED) is 0.493. The fourth-order valence-corrected chi connectivity index (χ4v) is 4.53. The van der Waals surface area contributed by atoms with E-state index in [0.29, 0.717) is 17.7 Å². The van der Waals surface area contributed by atoms with E-state index in [0.717, 1.165) is 66.5 Å². The average Bonchev–Trinajstić information content (AvgIpc) is 3.65. The van der Waals surface area contributed by atoms with Crippen molar-refractivity contribution >= 4 is 11.7 Å². The van der Waals surface area contributed by atoms with Crippen molar-refractivity contribution in [3.63, 3.8) is 0 Å². The van der Waals surface area contributed by atoms with Crippen molar-refractivity contribution in [1.82, 2.24) is 0 Å². The Bertz CT molecular complexity index is 1070. The Balaban J connectivity index is 1.76. The zero-order valence-electron chi connectivity index (χ0n) is 17.4. The molecule has 0 spiro atoms. The van der Waals surface area contributed by atoms with Gasteiger partial charge in [0.05, 0.1) is 17.6 Å². The molecule has 2 saturated carbocycles. The maximum atomic E-state index is 12.3. The van der Waals surface area contributed by atoms with Crippen LogP contribution in [-0.4, -0.2) is 28.7 Å². The van der Waals surface area contributed by atoms with Crippen LogP contribution in [0, 0.1) is 17.0 Å². The molecule has 1 aliphatic heterocycles. The van der Waals surface area contributed by atoms with Gasteiger partial charge in [-0.05, 0) is 85.8 Å². The second-order valence-corrected chi connectivity index (χ2v) is 8.76. The van der Waals surface area contributed by atoms with Gasteiger partial charge in [0.15, 0.2) is 6.10 Å². The number of nitro groups is 1. The van der Waals surface area contributed by atoms with Crippen LogP contribution in [0.5, 0.6) is 5.75 Å². The molecule has 2 aromatic rings. The van der Waals surface area contributed by atoms with Gasteiger partial charge in [-0.2, -0.15) is 0 Å². The van der Waals surface area contributed by atoms with Crippen LogP contribution >= 0.6 is 0 Å². The Morgan fingerprint density at radius 1 is 1.26 bits per heavy atom. The van der Waals surface area contributed by atoms with Gasteiger partial charge in [-0.15, -0.1) is 0 Å². The predicted octanol–water partition coefficient (Wildman–Crippen LogP) is 5.08. The second kappa shape index (κ2) is 7.64. The molecule has 7 heteroatoms. The number of ether oxygens (including phenoxy) is 2. The van der Waals surface area contributed by atoms with Crippen molar-refractivity contribution in [2.75, 3.05) is 6.61 Å². The minimum atomic E-state index is -1.23. The van der Waals surface area contributed by atoms with Gasteiger partial charge in [0.2, 0.25) is 0 Å². The summed E-state index contributed by atoms with van der Waals surface area (Å²) in [7, 11) is 0. The molecular formula is C24H25NO6. The summed E-state index contributed by atoms with van der Waals surface area (Å²) in [6, 6.07) is 7.58. The number of hydrogen-bond donors (Lipinski definition) is 1. The highest BCUT2D eigenvalue weighted by Crippen LogP contribution is 2.51. The number of nitro benzene ring substituents is 1. The van der Waals surface area contributed by atoms with Gasteiger partial charge in [0.1, 0.15) is 5.75 Å². The molecule has 1 N–H and O–H groups in total. The van der Waals surface area contributed by atoms with Crippen molar-refractivity contribution in [2.45, 2.75) is 63.6 Å². The highest BCUT2D eigenvalue weighted by atomic mass is 16.6. The molecule has 0 saturated heterocycles. The molecule has 31 heavy (non-hydrogen) atoms. The van der Waals surface area contributed by atoms with Crippen LogP contribution in [0.25, 0.3) is 11.1 Å². The largest absolute Gasteiger partial charge is 0.493 e. The molecule has 162 valence electrons. The average molecular weight is 423 g/mol. The van der Waals surface area contributed by atoms with Gasteiger partial charge in [-0.25, -0.2) is 4.79 Å². The molecule has 2 fully saturated rings. The van der Waals surface area contributed by atoms with Crippen molar-refractivity contribution in [2.24, 2.45) is 0 Å². The molecule has 0 aromatic heterocycles. The first-order valence-corrected chi connectivity index (χ1v) is 10.9. The van der Waals surface area contributed by atoms with E-state index in [9.17, 15) is 20.0 Å². The molecular weight excluding hydrogens is 398 g/mol. The number of rotatable bonds is 7. The summed E-state index contributed by atoms with van der Waals surface area (Å²) >= 11 is 0. The van der Waals surface area contributed by atoms with Gasteiger partial charge < -0.3 is 14.6 Å². The molecule has 3 aliphatic rings. The smallest absolute Gasteiger partial charge is 0.337 e. The summed E-state index contributed by atoms with van der Waals surface area (Å²) in [4.78, 5) is 23.7. The molecule has 1 heterocycles. The second-order valence-electron chi connectivity index (χ2n) is 8.76. The van der Waals surface area contributed by atoms with E-state index in [2.05, 4.69) is 6.07 Å². The lowest BCUT2D eigenvalue weighted by Crippen LogP contribution is -2.20. The van der Waals surface area contributed by atoms with Gasteiger partial charge in [0, 0.05) is 17.2 Å². The molecule has 7 nitrogen and oxygen atoms in total. The standard InChI is InChI=1S/C24H25NO6/c1-13-19(25(28)29)12-18(14-4-5-14)22(21(13)23(24(26)27)31-17-7-8-17)16-6-9-20-15(11-16)3-2-10-30-20/h6,9,11-12,14,17,23H,2-5,7-8,10H2,1H3,(H,26,27). The lowest BCUT2D eigenvalue weighted by Gasteiger charge is -2.24. The minimum Gasteiger partial charge on any atom is -0.493 e. The van der Waals surface area contributed by atoms with Crippen molar-refractivity contribution in [3.05, 3.63) is 56.6 Å². The Kier molecular flexibility index (Phi) is 4.93. The summed E-state index contributed by atoms with van der Waals surface area (Å²) in [5.41, 5.74) is 4.36. The van der Waals surface area contributed by atoms with E-state index in [1.54, 1.807) is 13.0 Å². The molecule has 5 rings (SSSR count). The highest BCUT2D eigenvalue weighted by molar-refractivity contribution is 5.85. The zero-order valence-corrected chi connectivity index (χ0v) is 17.4. The number of nitrogens with zero attached hydrogens (tertiary/aromatic N) is 1. The third kappa shape index (κ3) is 3.78. The van der Waals surface area contributed by atoms with Crippen molar-refractivity contribution < 1.29 is 24.3 Å². The van der Waals surface area contributed by atoms with Crippen molar-refractivity contribution in [3.8, 4) is 16.9 Å². The van der Waals surface area contributed by atoms with Crippen LogP contribution in [0.1, 0.15) is 66.4 Å². The van der Waals surface area contributed by atoms with E-state index >= 15 is 0 Å². The highest BCUT2D eigenvalue weighted by Gasteiger charge is 2.39. The first-order valence-electron chi connectivity index (χ1n) is 10.9. The van der Waals surface area contributed by atoms with Crippen molar-refractivity contribution in [1.29, 1.82) is 0 Å². The van der Waals surface area contributed by atoms with Gasteiger partial charge >= 0.3 is 5.97 Å². The summed E-state index contributed by atoms with van der Waals surface area (Å²) in [6.07, 6.45) is 4.02. The SMILES string of the molecule is Cc1c([N+](=O)[O-])cc(C2CC2)c(-c2ccc3c(c2)CCCO3)c1C(OC1CC1)C(=O)O. The van der Waals surface area contributed by atoms with Crippen LogP contribution in [0.15, 0.2) is 24.3 Å². The fraction of sp³-hybridized carbons (Fsp3) is 0.458. The van der Waals surface area contributed by atoms with Gasteiger partial charge in [-0.3, -0.25) is 10.1 Å². The summed E-state index contributed by atoms with van der Waals surface area (Å²) in [6.45, 7) is 2.33. The fourth-order valence-electron chi connectivity index (χ4n) is 4.53. The van der Waals surface area contributed by atoms with E-state index in [4.69, 9.17) is 9.47 Å². The Labute approximate surface area is 180 Å². The lowest BCUT2D eigenvalue weighted by atomic mass is 9.84. The minimum absolute atomic E-state index is 0.0346. The maximum absolute atomic E-state index is 12.3. The Hall–Kier alpha value is -2.93. The number of carbonyl (C=O) groups is 1. The van der Waals surface area contributed by atoms with E-state index in [1.807, 2.05) is 12.1 Å². The molecule has 1 unspecified atom stereocenters. The number of fused-ring (bicyclic) bond motifs is 1. The number of aliphatic carboxylic acids is 1. The van der Waals surface area contributed by atoms with Crippen LogP contribution in [0.3, 0.4) is 0 Å². The molecule has 0 radical (unpaired) electrons. The van der Waals surface area contributed by atoms with E-state index in [-0.39, 0.29) is 17.7 Å².